The van der Waals surface area contributed by atoms with Crippen LogP contribution in [0, 0.1) is 20.8 Å². The van der Waals surface area contributed by atoms with Gasteiger partial charge in [0.1, 0.15) is 5.82 Å². The number of sulfonamides is 1. The lowest BCUT2D eigenvalue weighted by Gasteiger charge is -2.10. The van der Waals surface area contributed by atoms with Gasteiger partial charge in [0.05, 0.1) is 21.8 Å². The number of rotatable bonds is 6. The molecule has 3 aromatic rings. The Morgan fingerprint density at radius 2 is 1.74 bits per heavy atom. The molecular weight excluding hydrogens is 420 g/mol. The fourth-order valence-electron chi connectivity index (χ4n) is 2.90. The number of carbonyl (C=O) groups is 2. The van der Waals surface area contributed by atoms with E-state index in [1.165, 1.54) is 12.1 Å². The van der Waals surface area contributed by atoms with Crippen LogP contribution in [0.4, 0.5) is 5.82 Å². The number of amides is 1. The first kappa shape index (κ1) is 22.2. The van der Waals surface area contributed by atoms with E-state index in [1.54, 1.807) is 24.6 Å². The topological polar surface area (TPSA) is 133 Å². The van der Waals surface area contributed by atoms with Gasteiger partial charge in [-0.3, -0.25) is 4.79 Å². The lowest BCUT2D eigenvalue weighted by molar-refractivity contribution is -0.119. The smallest absolute Gasteiger partial charge is 0.338 e. The highest BCUT2D eigenvalue weighted by Crippen LogP contribution is 2.18. The number of hydrogen-bond acceptors (Lipinski definition) is 6. The van der Waals surface area contributed by atoms with Gasteiger partial charge >= 0.3 is 5.97 Å². The van der Waals surface area contributed by atoms with Gasteiger partial charge in [-0.25, -0.2) is 23.0 Å². The molecule has 31 heavy (non-hydrogen) atoms. The second-order valence-corrected chi connectivity index (χ2v) is 8.60. The molecule has 0 unspecified atom stereocenters. The Labute approximate surface area is 179 Å². The van der Waals surface area contributed by atoms with Crippen molar-refractivity contribution in [1.29, 1.82) is 0 Å². The van der Waals surface area contributed by atoms with Crippen LogP contribution in [0.5, 0.6) is 0 Å². The number of nitrogens with zero attached hydrogens (tertiary/aromatic N) is 2. The first-order valence-corrected chi connectivity index (χ1v) is 10.8. The molecule has 0 saturated carbocycles. The highest BCUT2D eigenvalue weighted by molar-refractivity contribution is 7.89. The minimum atomic E-state index is -3.99. The van der Waals surface area contributed by atoms with Gasteiger partial charge < -0.3 is 10.1 Å². The maximum atomic E-state index is 12.3. The predicted octanol–water partition coefficient (Wildman–Crippen LogP) is 2.24. The number of aromatic nitrogens is 2. The minimum Gasteiger partial charge on any atom is -0.452 e. The molecule has 3 rings (SSSR count). The van der Waals surface area contributed by atoms with Crippen LogP contribution in [0.15, 0.2) is 53.4 Å². The molecule has 0 spiro atoms. The molecule has 0 fully saturated rings. The average Bonchev–Trinajstić information content (AvgIpc) is 3.06. The van der Waals surface area contributed by atoms with Crippen LogP contribution in [-0.4, -0.2) is 36.7 Å². The van der Waals surface area contributed by atoms with Crippen molar-refractivity contribution in [2.24, 2.45) is 5.14 Å². The van der Waals surface area contributed by atoms with Crippen molar-refractivity contribution in [3.63, 3.8) is 0 Å². The van der Waals surface area contributed by atoms with Crippen LogP contribution < -0.4 is 10.5 Å². The van der Waals surface area contributed by atoms with E-state index in [9.17, 15) is 18.0 Å². The molecule has 162 valence electrons. The Morgan fingerprint density at radius 1 is 1.06 bits per heavy atom. The Morgan fingerprint density at radius 3 is 2.39 bits per heavy atom. The molecule has 0 aliphatic heterocycles. The molecule has 1 heterocycles. The second kappa shape index (κ2) is 8.70. The standard InChI is InChI=1S/C21H22N4O5S/c1-13-4-8-17(9-5-13)25-19(10-15(3)24-25)23-20(26)12-30-21(27)16-7-6-14(2)18(11-16)31(22,28)29/h4-11H,12H2,1-3H3,(H,23,26)(H2,22,28,29). The summed E-state index contributed by atoms with van der Waals surface area (Å²) < 4.78 is 29.8. The van der Waals surface area contributed by atoms with Crippen LogP contribution in [0.3, 0.4) is 0 Å². The number of carbonyl (C=O) groups excluding carboxylic acids is 2. The number of benzene rings is 2. The molecule has 3 N–H and O–H groups in total. The second-order valence-electron chi connectivity index (χ2n) is 7.07. The molecule has 0 radical (unpaired) electrons. The number of nitrogens with one attached hydrogen (secondary N) is 1. The largest absolute Gasteiger partial charge is 0.452 e. The number of aryl methyl sites for hydroxylation is 3. The fraction of sp³-hybridized carbons (Fsp3) is 0.190. The van der Waals surface area contributed by atoms with E-state index in [0.29, 0.717) is 17.1 Å². The molecule has 10 heteroatoms. The van der Waals surface area contributed by atoms with E-state index < -0.39 is 28.5 Å². The molecule has 0 atom stereocenters. The Hall–Kier alpha value is -3.50. The van der Waals surface area contributed by atoms with Crippen LogP contribution in [-0.2, 0) is 19.6 Å². The third-order valence-corrected chi connectivity index (χ3v) is 5.50. The van der Waals surface area contributed by atoms with E-state index in [4.69, 9.17) is 9.88 Å². The Balaban J connectivity index is 1.69. The number of hydrogen-bond donors (Lipinski definition) is 2. The third kappa shape index (κ3) is 5.36. The summed E-state index contributed by atoms with van der Waals surface area (Å²) in [5, 5.41) is 12.2. The SMILES string of the molecule is Cc1ccc(-n2nc(C)cc2NC(=O)COC(=O)c2ccc(C)c(S(N)(=O)=O)c2)cc1. The molecule has 9 nitrogen and oxygen atoms in total. The summed E-state index contributed by atoms with van der Waals surface area (Å²) in [7, 11) is -3.99. The highest BCUT2D eigenvalue weighted by atomic mass is 32.2. The summed E-state index contributed by atoms with van der Waals surface area (Å²) in [6.45, 7) is 4.76. The fourth-order valence-corrected chi connectivity index (χ4v) is 3.71. The molecule has 0 bridgehead atoms. The quantitative estimate of drug-likeness (QED) is 0.563. The normalized spacial score (nSPS) is 11.2. The van der Waals surface area contributed by atoms with Gasteiger partial charge in [0.15, 0.2) is 6.61 Å². The predicted molar refractivity (Wildman–Crippen MR) is 115 cm³/mol. The molecular formula is C21H22N4O5S. The summed E-state index contributed by atoms with van der Waals surface area (Å²) in [6.07, 6.45) is 0. The van der Waals surface area contributed by atoms with E-state index in [-0.39, 0.29) is 10.5 Å². The monoisotopic (exact) mass is 442 g/mol. The maximum absolute atomic E-state index is 12.3. The zero-order chi connectivity index (χ0) is 22.8. The summed E-state index contributed by atoms with van der Waals surface area (Å²) in [5.74, 6) is -0.988. The lowest BCUT2D eigenvalue weighted by Crippen LogP contribution is -2.22. The summed E-state index contributed by atoms with van der Waals surface area (Å²) in [4.78, 5) is 24.4. The number of esters is 1. The highest BCUT2D eigenvalue weighted by Gasteiger charge is 2.18. The van der Waals surface area contributed by atoms with Gasteiger partial charge in [-0.05, 0) is 50.6 Å². The van der Waals surface area contributed by atoms with Crippen molar-refractivity contribution < 1.29 is 22.7 Å². The van der Waals surface area contributed by atoms with Crippen molar-refractivity contribution in [2.45, 2.75) is 25.7 Å². The zero-order valence-electron chi connectivity index (χ0n) is 17.2. The first-order chi connectivity index (χ1) is 14.5. The maximum Gasteiger partial charge on any atom is 0.338 e. The van der Waals surface area contributed by atoms with Gasteiger partial charge in [0, 0.05) is 6.07 Å². The average molecular weight is 442 g/mol. The van der Waals surface area contributed by atoms with Crippen molar-refractivity contribution >= 4 is 27.7 Å². The summed E-state index contributed by atoms with van der Waals surface area (Å²) in [5.41, 5.74) is 2.93. The third-order valence-electron chi connectivity index (χ3n) is 4.44. The minimum absolute atomic E-state index is 0.0250. The molecule has 0 aliphatic rings. The van der Waals surface area contributed by atoms with E-state index in [1.807, 2.05) is 31.2 Å². The van der Waals surface area contributed by atoms with Crippen LogP contribution >= 0.6 is 0 Å². The van der Waals surface area contributed by atoms with Gasteiger partial charge in [-0.2, -0.15) is 5.10 Å². The van der Waals surface area contributed by atoms with E-state index >= 15 is 0 Å². The van der Waals surface area contributed by atoms with Crippen molar-refractivity contribution in [1.82, 2.24) is 9.78 Å². The Kier molecular flexibility index (Phi) is 6.23. The van der Waals surface area contributed by atoms with E-state index in [0.717, 1.165) is 17.3 Å². The molecule has 0 aliphatic carbocycles. The van der Waals surface area contributed by atoms with Crippen molar-refractivity contribution in [3.8, 4) is 5.69 Å². The number of ether oxygens (including phenoxy) is 1. The van der Waals surface area contributed by atoms with Crippen molar-refractivity contribution in [3.05, 3.63) is 70.9 Å². The van der Waals surface area contributed by atoms with Gasteiger partial charge in [-0.1, -0.05) is 23.8 Å². The zero-order valence-corrected chi connectivity index (χ0v) is 18.1. The van der Waals surface area contributed by atoms with Gasteiger partial charge in [0.25, 0.3) is 5.91 Å². The van der Waals surface area contributed by atoms with Gasteiger partial charge in [-0.15, -0.1) is 0 Å². The van der Waals surface area contributed by atoms with Crippen molar-refractivity contribution in [2.75, 3.05) is 11.9 Å². The van der Waals surface area contributed by atoms with Crippen LogP contribution in [0.1, 0.15) is 27.2 Å². The summed E-state index contributed by atoms with van der Waals surface area (Å²) >= 11 is 0. The molecule has 1 amide bonds. The number of primary sulfonamides is 1. The first-order valence-electron chi connectivity index (χ1n) is 9.29. The lowest BCUT2D eigenvalue weighted by atomic mass is 10.1. The number of nitrogens with two attached hydrogens (primary N) is 1. The number of anilines is 1. The summed E-state index contributed by atoms with van der Waals surface area (Å²) in [6, 6.07) is 13.3. The van der Waals surface area contributed by atoms with Crippen LogP contribution in [0.2, 0.25) is 0 Å². The van der Waals surface area contributed by atoms with Gasteiger partial charge in [0.2, 0.25) is 10.0 Å². The molecule has 1 aromatic heterocycles. The van der Waals surface area contributed by atoms with E-state index in [2.05, 4.69) is 10.4 Å². The molecule has 2 aromatic carbocycles. The Bertz CT molecular complexity index is 1250. The van der Waals surface area contributed by atoms with Crippen LogP contribution in [0.25, 0.3) is 5.69 Å². The molecule has 0 saturated heterocycles.